The van der Waals surface area contributed by atoms with Gasteiger partial charge in [0.1, 0.15) is 0 Å². The Bertz CT molecular complexity index is 216. The first-order valence-electron chi connectivity index (χ1n) is 5.36. The van der Waals surface area contributed by atoms with Gasteiger partial charge in [-0.05, 0) is 31.4 Å². The van der Waals surface area contributed by atoms with Crippen LogP contribution in [0.3, 0.4) is 0 Å². The minimum atomic E-state index is 0.101. The van der Waals surface area contributed by atoms with Gasteiger partial charge in [0.05, 0.1) is 17.9 Å². The van der Waals surface area contributed by atoms with E-state index in [0.29, 0.717) is 0 Å². The lowest BCUT2D eigenvalue weighted by Crippen LogP contribution is -2.41. The Morgan fingerprint density at radius 2 is 2.29 bits per heavy atom. The molecule has 0 aromatic rings. The summed E-state index contributed by atoms with van der Waals surface area (Å²) in [4.78, 5) is 13.9. The minimum absolute atomic E-state index is 0.101. The van der Waals surface area contributed by atoms with Gasteiger partial charge in [-0.2, -0.15) is 0 Å². The molecular formula is C10H17NO2S. The summed E-state index contributed by atoms with van der Waals surface area (Å²) in [5, 5.41) is 9.31. The number of hydrogen-bond donors (Lipinski definition) is 1. The normalized spacial score (nSPS) is 32.5. The predicted octanol–water partition coefficient (Wildman–Crippen LogP) is 0.865. The third kappa shape index (κ3) is 1.91. The van der Waals surface area contributed by atoms with Crippen LogP contribution >= 0.6 is 11.8 Å². The molecule has 1 amide bonds. The maximum absolute atomic E-state index is 12.0. The second-order valence-electron chi connectivity index (χ2n) is 4.01. The lowest BCUT2D eigenvalue weighted by molar-refractivity contribution is -0.132. The highest BCUT2D eigenvalue weighted by atomic mass is 32.2. The zero-order chi connectivity index (χ0) is 9.97. The average molecular weight is 215 g/mol. The van der Waals surface area contributed by atoms with E-state index in [1.807, 2.05) is 4.90 Å². The van der Waals surface area contributed by atoms with E-state index < -0.39 is 0 Å². The number of carbonyl (C=O) groups excluding carboxylic acids is 1. The molecule has 1 unspecified atom stereocenters. The van der Waals surface area contributed by atoms with Gasteiger partial charge in [-0.25, -0.2) is 0 Å². The van der Waals surface area contributed by atoms with Gasteiger partial charge >= 0.3 is 0 Å². The standard InChI is InChI=1S/C10H17NO2S/c12-7-8-3-1-5-11(8)10(13)9-4-2-6-14-9/h8-9,12H,1-7H2/t8-,9?/m1/s1. The predicted molar refractivity (Wildman–Crippen MR) is 57.3 cm³/mol. The molecule has 3 nitrogen and oxygen atoms in total. The fraction of sp³-hybridized carbons (Fsp3) is 0.900. The highest BCUT2D eigenvalue weighted by Crippen LogP contribution is 2.30. The van der Waals surface area contributed by atoms with E-state index in [9.17, 15) is 4.79 Å². The number of nitrogens with zero attached hydrogens (tertiary/aromatic N) is 1. The quantitative estimate of drug-likeness (QED) is 0.743. The number of thioether (sulfide) groups is 1. The van der Waals surface area contributed by atoms with Gasteiger partial charge in [0.15, 0.2) is 0 Å². The van der Waals surface area contributed by atoms with Gasteiger partial charge in [0, 0.05) is 6.54 Å². The summed E-state index contributed by atoms with van der Waals surface area (Å²) in [5.41, 5.74) is 0. The fourth-order valence-corrected chi connectivity index (χ4v) is 3.50. The van der Waals surface area contributed by atoms with Gasteiger partial charge in [0.2, 0.25) is 5.91 Å². The average Bonchev–Trinajstić information content (AvgIpc) is 2.87. The van der Waals surface area contributed by atoms with Gasteiger partial charge < -0.3 is 10.0 Å². The number of aliphatic hydroxyl groups is 1. The lowest BCUT2D eigenvalue weighted by atomic mass is 10.2. The molecule has 2 aliphatic heterocycles. The Kier molecular flexibility index (Phi) is 3.34. The van der Waals surface area contributed by atoms with Gasteiger partial charge in [0.25, 0.3) is 0 Å². The van der Waals surface area contributed by atoms with E-state index in [0.717, 1.165) is 31.6 Å². The van der Waals surface area contributed by atoms with Crippen LogP contribution in [0, 0.1) is 0 Å². The zero-order valence-electron chi connectivity index (χ0n) is 8.32. The first-order chi connectivity index (χ1) is 6.83. The molecule has 2 saturated heterocycles. The molecule has 0 aromatic carbocycles. The molecule has 0 aromatic heterocycles. The van der Waals surface area contributed by atoms with Crippen molar-refractivity contribution in [3.63, 3.8) is 0 Å². The van der Waals surface area contributed by atoms with Crippen molar-refractivity contribution < 1.29 is 9.90 Å². The first-order valence-corrected chi connectivity index (χ1v) is 6.40. The van der Waals surface area contributed by atoms with Crippen molar-refractivity contribution in [2.45, 2.75) is 37.0 Å². The highest BCUT2D eigenvalue weighted by Gasteiger charge is 2.34. The maximum atomic E-state index is 12.0. The topological polar surface area (TPSA) is 40.5 Å². The zero-order valence-corrected chi connectivity index (χ0v) is 9.13. The molecule has 2 fully saturated rings. The molecule has 0 aliphatic carbocycles. The van der Waals surface area contributed by atoms with Gasteiger partial charge in [-0.3, -0.25) is 4.79 Å². The lowest BCUT2D eigenvalue weighted by Gasteiger charge is -2.25. The van der Waals surface area contributed by atoms with Crippen LogP contribution in [0.1, 0.15) is 25.7 Å². The summed E-state index contributed by atoms with van der Waals surface area (Å²) in [5.74, 6) is 1.39. The van der Waals surface area contributed by atoms with E-state index in [4.69, 9.17) is 5.11 Å². The fourth-order valence-electron chi connectivity index (χ4n) is 2.27. The second kappa shape index (κ2) is 4.53. The molecule has 80 valence electrons. The second-order valence-corrected chi connectivity index (χ2v) is 5.32. The molecule has 2 atom stereocenters. The van der Waals surface area contributed by atoms with Gasteiger partial charge in [-0.1, -0.05) is 0 Å². The van der Waals surface area contributed by atoms with Crippen molar-refractivity contribution in [2.75, 3.05) is 18.9 Å². The summed E-state index contributed by atoms with van der Waals surface area (Å²) in [6.45, 7) is 0.976. The molecule has 2 rings (SSSR count). The van der Waals surface area contributed by atoms with E-state index in [2.05, 4.69) is 0 Å². The molecular weight excluding hydrogens is 198 g/mol. The highest BCUT2D eigenvalue weighted by molar-refractivity contribution is 8.00. The van der Waals surface area contributed by atoms with Crippen LogP contribution in [0.15, 0.2) is 0 Å². The van der Waals surface area contributed by atoms with Gasteiger partial charge in [-0.15, -0.1) is 11.8 Å². The van der Waals surface area contributed by atoms with Crippen molar-refractivity contribution in [2.24, 2.45) is 0 Å². The SMILES string of the molecule is O=C(C1CCCS1)N1CCC[C@@H]1CO. The van der Waals surface area contributed by atoms with Crippen molar-refractivity contribution in [1.82, 2.24) is 4.90 Å². The molecule has 0 spiro atoms. The number of rotatable bonds is 2. The number of aliphatic hydroxyl groups excluding tert-OH is 1. The van der Waals surface area contributed by atoms with Crippen LogP contribution in [-0.2, 0) is 4.79 Å². The molecule has 0 radical (unpaired) electrons. The molecule has 2 aliphatic rings. The molecule has 4 heteroatoms. The third-order valence-corrected chi connectivity index (χ3v) is 4.44. The first kappa shape index (κ1) is 10.3. The van der Waals surface area contributed by atoms with Crippen LogP contribution in [0.4, 0.5) is 0 Å². The summed E-state index contributed by atoms with van der Waals surface area (Å²) < 4.78 is 0. The summed E-state index contributed by atoms with van der Waals surface area (Å²) in [6.07, 6.45) is 4.21. The van der Waals surface area contributed by atoms with E-state index in [-0.39, 0.29) is 23.8 Å². The summed E-state index contributed by atoms with van der Waals surface area (Å²) in [7, 11) is 0. The van der Waals surface area contributed by atoms with Crippen molar-refractivity contribution >= 4 is 17.7 Å². The van der Waals surface area contributed by atoms with Crippen LogP contribution in [0.25, 0.3) is 0 Å². The number of hydrogen-bond acceptors (Lipinski definition) is 3. The van der Waals surface area contributed by atoms with Crippen LogP contribution in [0.2, 0.25) is 0 Å². The molecule has 1 N–H and O–H groups in total. The Labute approximate surface area is 88.9 Å². The smallest absolute Gasteiger partial charge is 0.236 e. The Hall–Kier alpha value is -0.220. The Balaban J connectivity index is 1.95. The number of carbonyl (C=O) groups is 1. The van der Waals surface area contributed by atoms with Crippen molar-refractivity contribution in [3.8, 4) is 0 Å². The Morgan fingerprint density at radius 1 is 1.43 bits per heavy atom. The monoisotopic (exact) mass is 215 g/mol. The van der Waals surface area contributed by atoms with Crippen LogP contribution in [0.5, 0.6) is 0 Å². The molecule has 0 saturated carbocycles. The third-order valence-electron chi connectivity index (χ3n) is 3.08. The van der Waals surface area contributed by atoms with Crippen molar-refractivity contribution in [3.05, 3.63) is 0 Å². The van der Waals surface area contributed by atoms with E-state index >= 15 is 0 Å². The van der Waals surface area contributed by atoms with E-state index in [1.165, 1.54) is 6.42 Å². The summed E-state index contributed by atoms with van der Waals surface area (Å²) in [6, 6.07) is 0.101. The van der Waals surface area contributed by atoms with Crippen LogP contribution in [-0.4, -0.2) is 46.1 Å². The number of likely N-dealkylation sites (tertiary alicyclic amines) is 1. The molecule has 0 bridgehead atoms. The largest absolute Gasteiger partial charge is 0.394 e. The van der Waals surface area contributed by atoms with Crippen LogP contribution < -0.4 is 0 Å². The molecule has 14 heavy (non-hydrogen) atoms. The summed E-state index contributed by atoms with van der Waals surface area (Å²) >= 11 is 1.78. The minimum Gasteiger partial charge on any atom is -0.394 e. The Morgan fingerprint density at radius 3 is 2.93 bits per heavy atom. The van der Waals surface area contributed by atoms with E-state index in [1.54, 1.807) is 11.8 Å². The number of amides is 1. The van der Waals surface area contributed by atoms with Crippen molar-refractivity contribution in [1.29, 1.82) is 0 Å². The molecule has 2 heterocycles. The maximum Gasteiger partial charge on any atom is 0.236 e.